The van der Waals surface area contributed by atoms with Gasteiger partial charge in [0.05, 0.1) is 11.3 Å². The highest BCUT2D eigenvalue weighted by atomic mass is 32.2. The van der Waals surface area contributed by atoms with E-state index >= 15 is 0 Å². The number of phenols is 1. The number of aryl methyl sites for hydroxylation is 1. The topological polar surface area (TPSA) is 95.5 Å². The predicted octanol–water partition coefficient (Wildman–Crippen LogP) is 3.62. The molecule has 3 N–H and O–H groups in total. The minimum absolute atomic E-state index is 0.0961. The van der Waals surface area contributed by atoms with Crippen molar-refractivity contribution in [3.63, 3.8) is 0 Å². The quantitative estimate of drug-likeness (QED) is 0.489. The van der Waals surface area contributed by atoms with E-state index in [9.17, 15) is 18.3 Å². The van der Waals surface area contributed by atoms with Gasteiger partial charge in [-0.1, -0.05) is 36.4 Å². The zero-order valence-corrected chi connectivity index (χ0v) is 16.6. The van der Waals surface area contributed by atoms with E-state index in [1.807, 2.05) is 30.3 Å². The fourth-order valence-electron chi connectivity index (χ4n) is 2.64. The lowest BCUT2D eigenvalue weighted by Gasteiger charge is -2.10. The van der Waals surface area contributed by atoms with Crippen LogP contribution < -0.4 is 10.0 Å². The maximum atomic E-state index is 12.3. The molecule has 0 saturated heterocycles. The second kappa shape index (κ2) is 8.90. The van der Waals surface area contributed by atoms with Gasteiger partial charge in [0.1, 0.15) is 9.96 Å². The van der Waals surface area contributed by atoms with Crippen molar-refractivity contribution >= 4 is 33.0 Å². The van der Waals surface area contributed by atoms with Crippen molar-refractivity contribution in [2.24, 2.45) is 0 Å². The molecule has 3 rings (SSSR count). The van der Waals surface area contributed by atoms with Crippen LogP contribution in [-0.2, 0) is 16.4 Å². The second-order valence-corrected chi connectivity index (χ2v) is 8.97. The molecule has 0 radical (unpaired) electrons. The van der Waals surface area contributed by atoms with Crippen LogP contribution in [0.3, 0.4) is 0 Å². The molecule has 6 nitrogen and oxygen atoms in total. The number of nitrogens with one attached hydrogen (secondary N) is 2. The monoisotopic (exact) mass is 416 g/mol. The van der Waals surface area contributed by atoms with Crippen LogP contribution in [0.4, 0.5) is 5.69 Å². The molecule has 0 atom stereocenters. The summed E-state index contributed by atoms with van der Waals surface area (Å²) in [5.74, 6) is -0.690. The van der Waals surface area contributed by atoms with Gasteiger partial charge in [0.15, 0.2) is 0 Å². The smallest absolute Gasteiger partial charge is 0.271 e. The average molecular weight is 417 g/mol. The van der Waals surface area contributed by atoms with Crippen molar-refractivity contribution in [2.45, 2.75) is 17.1 Å². The van der Waals surface area contributed by atoms with Gasteiger partial charge in [-0.2, -0.15) is 0 Å². The van der Waals surface area contributed by atoms with Gasteiger partial charge in [-0.05, 0) is 42.0 Å². The first-order valence-corrected chi connectivity index (χ1v) is 11.0. The molecule has 3 aromatic rings. The summed E-state index contributed by atoms with van der Waals surface area (Å²) in [6.07, 6.45) is 1.62. The van der Waals surface area contributed by atoms with Crippen molar-refractivity contribution < 1.29 is 18.3 Å². The van der Waals surface area contributed by atoms with Gasteiger partial charge in [-0.25, -0.2) is 8.42 Å². The number of carbonyl (C=O) groups is 1. The third-order valence-electron chi connectivity index (χ3n) is 4.03. The average Bonchev–Trinajstić information content (AvgIpc) is 3.21. The van der Waals surface area contributed by atoms with Gasteiger partial charge in [0, 0.05) is 12.6 Å². The Labute approximate surface area is 167 Å². The second-order valence-electron chi connectivity index (χ2n) is 6.11. The Morgan fingerprint density at radius 1 is 1.04 bits per heavy atom. The third-order valence-corrected chi connectivity index (χ3v) is 6.80. The molecule has 1 aromatic heterocycles. The lowest BCUT2D eigenvalue weighted by molar-refractivity contribution is 0.0950. The highest BCUT2D eigenvalue weighted by molar-refractivity contribution is 7.94. The molecule has 0 aliphatic heterocycles. The number of aromatic hydroxyl groups is 1. The third kappa shape index (κ3) is 5.11. The standard InChI is InChI=1S/C20H20N2O4S2/c23-18-14-16(22-28(25,26)19-9-5-13-27-19)10-11-17(18)20(24)21-12-4-8-15-6-2-1-3-7-15/h1-3,5-7,9-11,13-14,22-23H,4,8,12H2,(H,21,24). The zero-order chi connectivity index (χ0) is 20.0. The van der Waals surface area contributed by atoms with Crippen molar-refractivity contribution in [1.29, 1.82) is 0 Å². The fraction of sp³-hybridized carbons (Fsp3) is 0.150. The van der Waals surface area contributed by atoms with E-state index < -0.39 is 15.9 Å². The van der Waals surface area contributed by atoms with Gasteiger partial charge in [-0.3, -0.25) is 9.52 Å². The fourth-order valence-corrected chi connectivity index (χ4v) is 4.69. The lowest BCUT2D eigenvalue weighted by Crippen LogP contribution is -2.25. The summed E-state index contributed by atoms with van der Waals surface area (Å²) < 4.78 is 27.0. The van der Waals surface area contributed by atoms with Crippen molar-refractivity contribution in [1.82, 2.24) is 5.32 Å². The molecular formula is C20H20N2O4S2. The van der Waals surface area contributed by atoms with Gasteiger partial charge >= 0.3 is 0 Å². The molecule has 0 unspecified atom stereocenters. The molecule has 1 heterocycles. The SMILES string of the molecule is O=C(NCCCc1ccccc1)c1ccc(NS(=O)(=O)c2cccs2)cc1O. The summed E-state index contributed by atoms with van der Waals surface area (Å²) in [5, 5.41) is 14.6. The van der Waals surface area contributed by atoms with Crippen LogP contribution in [0.15, 0.2) is 70.3 Å². The molecule has 0 aliphatic carbocycles. The summed E-state index contributed by atoms with van der Waals surface area (Å²) in [6, 6.07) is 17.2. The molecule has 8 heteroatoms. The number of sulfonamides is 1. The first-order chi connectivity index (χ1) is 13.5. The number of anilines is 1. The van der Waals surface area contributed by atoms with E-state index in [1.165, 1.54) is 29.8 Å². The minimum Gasteiger partial charge on any atom is -0.507 e. The summed E-state index contributed by atoms with van der Waals surface area (Å²) >= 11 is 1.09. The molecule has 0 spiro atoms. The van der Waals surface area contributed by atoms with Crippen LogP contribution in [-0.4, -0.2) is 26.0 Å². The Morgan fingerprint density at radius 2 is 1.82 bits per heavy atom. The normalized spacial score (nSPS) is 11.1. The maximum Gasteiger partial charge on any atom is 0.271 e. The number of rotatable bonds is 8. The molecule has 1 amide bonds. The number of thiophene rings is 1. The van der Waals surface area contributed by atoms with Gasteiger partial charge in [0.25, 0.3) is 15.9 Å². The molecule has 0 aliphatic rings. The number of hydrogen-bond acceptors (Lipinski definition) is 5. The first kappa shape index (κ1) is 19.9. The van der Waals surface area contributed by atoms with Crippen LogP contribution in [0, 0.1) is 0 Å². The van der Waals surface area contributed by atoms with E-state index in [-0.39, 0.29) is 21.2 Å². The van der Waals surface area contributed by atoms with Gasteiger partial charge in [-0.15, -0.1) is 11.3 Å². The zero-order valence-electron chi connectivity index (χ0n) is 15.0. The van der Waals surface area contributed by atoms with E-state index in [0.29, 0.717) is 6.54 Å². The van der Waals surface area contributed by atoms with Crippen LogP contribution in [0.1, 0.15) is 22.3 Å². The Kier molecular flexibility index (Phi) is 6.33. The minimum atomic E-state index is -3.71. The van der Waals surface area contributed by atoms with Gasteiger partial charge < -0.3 is 10.4 Å². The number of phenolic OH excluding ortho intramolecular Hbond substituents is 1. The molecule has 28 heavy (non-hydrogen) atoms. The Bertz CT molecular complexity index is 1030. The van der Waals surface area contributed by atoms with Crippen LogP contribution in [0.25, 0.3) is 0 Å². The summed E-state index contributed by atoms with van der Waals surface area (Å²) in [6.45, 7) is 0.472. The van der Waals surface area contributed by atoms with E-state index in [2.05, 4.69) is 10.0 Å². The molecular weight excluding hydrogens is 396 g/mol. The van der Waals surface area contributed by atoms with Crippen molar-refractivity contribution in [3.05, 3.63) is 77.2 Å². The highest BCUT2D eigenvalue weighted by Gasteiger charge is 2.17. The number of hydrogen-bond donors (Lipinski definition) is 3. The number of carbonyl (C=O) groups excluding carboxylic acids is 1. The highest BCUT2D eigenvalue weighted by Crippen LogP contribution is 2.25. The van der Waals surface area contributed by atoms with Crippen LogP contribution in [0.5, 0.6) is 5.75 Å². The van der Waals surface area contributed by atoms with Gasteiger partial charge in [0.2, 0.25) is 0 Å². The molecule has 0 fully saturated rings. The maximum absolute atomic E-state index is 12.3. The largest absolute Gasteiger partial charge is 0.507 e. The molecule has 146 valence electrons. The molecule has 0 saturated carbocycles. The van der Waals surface area contributed by atoms with Crippen molar-refractivity contribution in [2.75, 3.05) is 11.3 Å². The van der Waals surface area contributed by atoms with E-state index in [1.54, 1.807) is 11.4 Å². The number of amides is 1. The Morgan fingerprint density at radius 3 is 2.50 bits per heavy atom. The number of benzene rings is 2. The molecule has 0 bridgehead atoms. The van der Waals surface area contributed by atoms with E-state index in [4.69, 9.17) is 0 Å². The van der Waals surface area contributed by atoms with Crippen LogP contribution >= 0.6 is 11.3 Å². The Hall–Kier alpha value is -2.84. The Balaban J connectivity index is 1.56. The lowest BCUT2D eigenvalue weighted by atomic mass is 10.1. The molecule has 2 aromatic carbocycles. The summed E-state index contributed by atoms with van der Waals surface area (Å²) in [7, 11) is -3.71. The van der Waals surface area contributed by atoms with Crippen LogP contribution in [0.2, 0.25) is 0 Å². The van der Waals surface area contributed by atoms with E-state index in [0.717, 1.165) is 24.2 Å². The summed E-state index contributed by atoms with van der Waals surface area (Å²) in [4.78, 5) is 12.3. The predicted molar refractivity (Wildman–Crippen MR) is 110 cm³/mol. The van der Waals surface area contributed by atoms with Crippen molar-refractivity contribution in [3.8, 4) is 5.75 Å². The first-order valence-electron chi connectivity index (χ1n) is 8.67. The summed E-state index contributed by atoms with van der Waals surface area (Å²) in [5.41, 5.74) is 1.48.